The first kappa shape index (κ1) is 15.0. The molecule has 1 heterocycles. The molecule has 106 valence electrons. The van der Waals surface area contributed by atoms with E-state index in [0.717, 1.165) is 13.2 Å². The van der Waals surface area contributed by atoms with E-state index >= 15 is 0 Å². The highest BCUT2D eigenvalue weighted by Gasteiger charge is 2.33. The normalized spacial score (nSPS) is 11.1. The number of rotatable bonds is 4. The maximum Gasteiger partial charge on any atom is 0.573 e. The van der Waals surface area contributed by atoms with Gasteiger partial charge in [0.1, 0.15) is 0 Å². The van der Waals surface area contributed by atoms with E-state index in [1.807, 2.05) is 0 Å². The average Bonchev–Trinajstić information content (AvgIpc) is 2.35. The quantitative estimate of drug-likeness (QED) is 0.835. The molecular weight excluding hydrogens is 269 g/mol. The van der Waals surface area contributed by atoms with Crippen LogP contribution in [0.25, 0.3) is 0 Å². The van der Waals surface area contributed by atoms with Gasteiger partial charge in [0.2, 0.25) is 0 Å². The molecule has 1 aromatic rings. The molecule has 0 saturated carbocycles. The molecule has 0 atom stereocenters. The molecule has 1 rings (SSSR count). The number of halogens is 3. The third-order valence-electron chi connectivity index (χ3n) is 2.04. The SMILES string of the molecule is COC(=O)c1nc(CN)c(OC(F)(F)F)cc1OC. The largest absolute Gasteiger partial charge is 0.573 e. The molecule has 0 aliphatic carbocycles. The van der Waals surface area contributed by atoms with Gasteiger partial charge in [0.15, 0.2) is 17.2 Å². The van der Waals surface area contributed by atoms with Crippen LogP contribution in [0.2, 0.25) is 0 Å². The Labute approximate surface area is 106 Å². The van der Waals surface area contributed by atoms with Crippen molar-refractivity contribution in [2.45, 2.75) is 12.9 Å². The van der Waals surface area contributed by atoms with Crippen molar-refractivity contribution in [1.82, 2.24) is 4.98 Å². The van der Waals surface area contributed by atoms with Crippen molar-refractivity contribution in [2.24, 2.45) is 5.73 Å². The Hall–Kier alpha value is -2.03. The zero-order valence-electron chi connectivity index (χ0n) is 10.1. The van der Waals surface area contributed by atoms with Crippen LogP contribution in [0.15, 0.2) is 6.07 Å². The number of hydrogen-bond acceptors (Lipinski definition) is 6. The maximum atomic E-state index is 12.2. The van der Waals surface area contributed by atoms with Crippen LogP contribution in [0, 0.1) is 0 Å². The van der Waals surface area contributed by atoms with Crippen molar-refractivity contribution < 1.29 is 32.2 Å². The number of pyridine rings is 1. The Kier molecular flexibility index (Phi) is 4.54. The molecule has 0 aliphatic rings. The minimum Gasteiger partial charge on any atom is -0.494 e. The highest BCUT2D eigenvalue weighted by molar-refractivity contribution is 5.90. The molecule has 9 heteroatoms. The van der Waals surface area contributed by atoms with Gasteiger partial charge in [-0.25, -0.2) is 9.78 Å². The van der Waals surface area contributed by atoms with Crippen LogP contribution in [-0.4, -0.2) is 31.5 Å². The molecule has 0 fully saturated rings. The van der Waals surface area contributed by atoms with Crippen molar-refractivity contribution in [1.29, 1.82) is 0 Å². The molecule has 6 nitrogen and oxygen atoms in total. The third kappa shape index (κ3) is 3.71. The number of carbonyl (C=O) groups excluding carboxylic acids is 1. The monoisotopic (exact) mass is 280 g/mol. The summed E-state index contributed by atoms with van der Waals surface area (Å²) in [6, 6.07) is 0.884. The van der Waals surface area contributed by atoms with Crippen LogP contribution < -0.4 is 15.2 Å². The van der Waals surface area contributed by atoms with E-state index in [2.05, 4.69) is 14.5 Å². The third-order valence-corrected chi connectivity index (χ3v) is 2.04. The molecule has 2 N–H and O–H groups in total. The summed E-state index contributed by atoms with van der Waals surface area (Å²) in [5.41, 5.74) is 4.75. The lowest BCUT2D eigenvalue weighted by atomic mass is 10.2. The van der Waals surface area contributed by atoms with Gasteiger partial charge in [-0.3, -0.25) is 0 Å². The summed E-state index contributed by atoms with van der Waals surface area (Å²) < 4.78 is 49.6. The van der Waals surface area contributed by atoms with E-state index in [4.69, 9.17) is 10.5 Å². The van der Waals surface area contributed by atoms with Crippen LogP contribution in [0.1, 0.15) is 16.2 Å². The lowest BCUT2D eigenvalue weighted by molar-refractivity contribution is -0.275. The molecule has 0 amide bonds. The molecule has 19 heavy (non-hydrogen) atoms. The summed E-state index contributed by atoms with van der Waals surface area (Å²) in [5, 5.41) is 0. The Balaban J connectivity index is 3.31. The van der Waals surface area contributed by atoms with Gasteiger partial charge in [0, 0.05) is 12.6 Å². The molecule has 0 radical (unpaired) electrons. The molecule has 0 spiro atoms. The second-order valence-corrected chi connectivity index (χ2v) is 3.23. The minimum atomic E-state index is -4.90. The van der Waals surface area contributed by atoms with E-state index in [0.29, 0.717) is 0 Å². The van der Waals surface area contributed by atoms with Crippen LogP contribution in [0.5, 0.6) is 11.5 Å². The number of carbonyl (C=O) groups is 1. The summed E-state index contributed by atoms with van der Waals surface area (Å²) in [4.78, 5) is 15.1. The van der Waals surface area contributed by atoms with Crippen molar-refractivity contribution in [3.63, 3.8) is 0 Å². The highest BCUT2D eigenvalue weighted by Crippen LogP contribution is 2.31. The predicted octanol–water partition coefficient (Wildman–Crippen LogP) is 1.23. The second kappa shape index (κ2) is 5.74. The number of hydrogen-bond donors (Lipinski definition) is 1. The molecule has 0 aromatic carbocycles. The average molecular weight is 280 g/mol. The first-order valence-corrected chi connectivity index (χ1v) is 4.94. The van der Waals surface area contributed by atoms with E-state index in [-0.39, 0.29) is 23.7 Å². The van der Waals surface area contributed by atoms with Crippen molar-refractivity contribution in [3.8, 4) is 11.5 Å². The van der Waals surface area contributed by atoms with Crippen LogP contribution in [0.4, 0.5) is 13.2 Å². The fraction of sp³-hybridized carbons (Fsp3) is 0.400. The van der Waals surface area contributed by atoms with Crippen LogP contribution in [0.3, 0.4) is 0 Å². The first-order chi connectivity index (χ1) is 8.82. The topological polar surface area (TPSA) is 83.7 Å². The first-order valence-electron chi connectivity index (χ1n) is 4.94. The van der Waals surface area contributed by atoms with Crippen molar-refractivity contribution in [2.75, 3.05) is 14.2 Å². The summed E-state index contributed by atoms with van der Waals surface area (Å²) >= 11 is 0. The zero-order chi connectivity index (χ0) is 14.6. The number of esters is 1. The van der Waals surface area contributed by atoms with Gasteiger partial charge in [0.05, 0.1) is 19.9 Å². The fourth-order valence-electron chi connectivity index (χ4n) is 1.27. The highest BCUT2D eigenvalue weighted by atomic mass is 19.4. The summed E-state index contributed by atoms with van der Waals surface area (Å²) in [7, 11) is 2.27. The second-order valence-electron chi connectivity index (χ2n) is 3.23. The smallest absolute Gasteiger partial charge is 0.494 e. The standard InChI is InChI=1S/C10H11F3N2O4/c1-17-7-3-6(19-10(11,12)13)5(4-14)15-8(7)9(16)18-2/h3H,4,14H2,1-2H3. The molecule has 0 saturated heterocycles. The van der Waals surface area contributed by atoms with E-state index in [9.17, 15) is 18.0 Å². The van der Waals surface area contributed by atoms with Gasteiger partial charge in [0.25, 0.3) is 0 Å². The number of nitrogens with two attached hydrogens (primary N) is 1. The molecule has 0 bridgehead atoms. The number of methoxy groups -OCH3 is 2. The number of aromatic nitrogens is 1. The number of ether oxygens (including phenoxy) is 3. The van der Waals surface area contributed by atoms with Gasteiger partial charge >= 0.3 is 12.3 Å². The lowest BCUT2D eigenvalue weighted by Gasteiger charge is -2.14. The number of alkyl halides is 3. The Bertz CT molecular complexity index is 477. The molecule has 0 aliphatic heterocycles. The van der Waals surface area contributed by atoms with Gasteiger partial charge in [-0.15, -0.1) is 13.2 Å². The predicted molar refractivity (Wildman–Crippen MR) is 56.7 cm³/mol. The maximum absolute atomic E-state index is 12.2. The Morgan fingerprint density at radius 1 is 1.37 bits per heavy atom. The zero-order valence-corrected chi connectivity index (χ0v) is 10.1. The van der Waals surface area contributed by atoms with Gasteiger partial charge in [-0.05, 0) is 0 Å². The Morgan fingerprint density at radius 3 is 2.42 bits per heavy atom. The van der Waals surface area contributed by atoms with Gasteiger partial charge < -0.3 is 19.9 Å². The lowest BCUT2D eigenvalue weighted by Crippen LogP contribution is -2.20. The molecule has 1 aromatic heterocycles. The van der Waals surface area contributed by atoms with Gasteiger partial charge in [-0.1, -0.05) is 0 Å². The Morgan fingerprint density at radius 2 is 2.00 bits per heavy atom. The number of nitrogens with zero attached hydrogens (tertiary/aromatic N) is 1. The van der Waals surface area contributed by atoms with Crippen molar-refractivity contribution >= 4 is 5.97 Å². The van der Waals surface area contributed by atoms with E-state index in [1.54, 1.807) is 0 Å². The van der Waals surface area contributed by atoms with Crippen molar-refractivity contribution in [3.05, 3.63) is 17.5 Å². The fourth-order valence-corrected chi connectivity index (χ4v) is 1.27. The summed E-state index contributed by atoms with van der Waals surface area (Å²) in [5.74, 6) is -1.69. The summed E-state index contributed by atoms with van der Waals surface area (Å²) in [6.07, 6.45) is -4.90. The molecule has 0 unspecified atom stereocenters. The minimum absolute atomic E-state index is 0.205. The van der Waals surface area contributed by atoms with Gasteiger partial charge in [-0.2, -0.15) is 0 Å². The van der Waals surface area contributed by atoms with E-state index < -0.39 is 18.1 Å². The summed E-state index contributed by atoms with van der Waals surface area (Å²) in [6.45, 7) is -0.348. The van der Waals surface area contributed by atoms with E-state index in [1.165, 1.54) is 7.11 Å². The van der Waals surface area contributed by atoms with Crippen LogP contribution >= 0.6 is 0 Å². The van der Waals surface area contributed by atoms with Crippen LogP contribution in [-0.2, 0) is 11.3 Å². The molecular formula is C10H11F3N2O4.